The van der Waals surface area contributed by atoms with Gasteiger partial charge in [0, 0.05) is 18.5 Å². The monoisotopic (exact) mass is 654 g/mol. The zero-order valence-corrected chi connectivity index (χ0v) is 25.9. The number of amides is 1. The SMILES string of the molecule is CC(=Cc1ccc2c(c1)N(S(=O)(=O)c1cccc(C(F)(F)F)c1)CC(CCNC(=O)OC(C)(C)C)O2)c1c(F)cccc1Cl. The van der Waals surface area contributed by atoms with E-state index >= 15 is 0 Å². The minimum Gasteiger partial charge on any atom is -0.486 e. The summed E-state index contributed by atoms with van der Waals surface area (Å²) in [6, 6.07) is 12.4. The van der Waals surface area contributed by atoms with E-state index in [2.05, 4.69) is 5.32 Å². The number of ether oxygens (including phenoxy) is 2. The minimum atomic E-state index is -4.76. The summed E-state index contributed by atoms with van der Waals surface area (Å²) < 4.78 is 95.0. The Labute approximate surface area is 258 Å². The fourth-order valence-corrected chi connectivity index (χ4v) is 6.46. The van der Waals surface area contributed by atoms with E-state index in [9.17, 15) is 30.8 Å². The summed E-state index contributed by atoms with van der Waals surface area (Å²) >= 11 is 6.21. The number of alkyl carbamates (subject to hydrolysis) is 1. The number of nitrogens with one attached hydrogen (secondary N) is 1. The van der Waals surface area contributed by atoms with Crippen LogP contribution in [-0.4, -0.2) is 39.3 Å². The van der Waals surface area contributed by atoms with Gasteiger partial charge in [0.25, 0.3) is 10.0 Å². The highest BCUT2D eigenvalue weighted by Gasteiger charge is 2.37. The van der Waals surface area contributed by atoms with Crippen LogP contribution < -0.4 is 14.4 Å². The molecule has 1 N–H and O–H groups in total. The fourth-order valence-electron chi connectivity index (χ4n) is 4.60. The van der Waals surface area contributed by atoms with Gasteiger partial charge in [-0.25, -0.2) is 17.6 Å². The number of benzene rings is 3. The summed E-state index contributed by atoms with van der Waals surface area (Å²) in [5.41, 5.74) is -0.641. The van der Waals surface area contributed by atoms with Crippen LogP contribution in [0.15, 0.2) is 65.6 Å². The molecule has 0 radical (unpaired) electrons. The lowest BCUT2D eigenvalue weighted by atomic mass is 10.0. The average molecular weight is 655 g/mol. The van der Waals surface area contributed by atoms with Gasteiger partial charge in [0.05, 0.1) is 27.7 Å². The molecule has 0 bridgehead atoms. The molecule has 1 atom stereocenters. The van der Waals surface area contributed by atoms with Crippen molar-refractivity contribution in [3.63, 3.8) is 0 Å². The minimum absolute atomic E-state index is 0.0791. The third-order valence-electron chi connectivity index (χ3n) is 6.54. The summed E-state index contributed by atoms with van der Waals surface area (Å²) in [6.07, 6.45) is -4.41. The lowest BCUT2D eigenvalue weighted by Crippen LogP contribution is -2.45. The van der Waals surface area contributed by atoms with Crippen molar-refractivity contribution in [1.29, 1.82) is 0 Å². The van der Waals surface area contributed by atoms with Crippen molar-refractivity contribution >= 4 is 45.1 Å². The third kappa shape index (κ3) is 7.84. The number of rotatable bonds is 7. The van der Waals surface area contributed by atoms with E-state index in [0.29, 0.717) is 17.2 Å². The molecule has 1 aliphatic rings. The normalized spacial score (nSPS) is 15.8. The molecule has 0 aliphatic carbocycles. The van der Waals surface area contributed by atoms with E-state index in [1.54, 1.807) is 45.9 Å². The first kappa shape index (κ1) is 33.1. The molecule has 0 saturated heterocycles. The van der Waals surface area contributed by atoms with E-state index in [1.165, 1.54) is 24.3 Å². The molecule has 1 aliphatic heterocycles. The molecule has 0 spiro atoms. The highest BCUT2D eigenvalue weighted by molar-refractivity contribution is 7.92. The molecule has 3 aromatic carbocycles. The Kier molecular flexibility index (Phi) is 9.55. The Hall–Kier alpha value is -3.77. The molecule has 1 heterocycles. The quantitative estimate of drug-likeness (QED) is 0.207. The van der Waals surface area contributed by atoms with Crippen molar-refractivity contribution in [3.05, 3.63) is 88.2 Å². The van der Waals surface area contributed by atoms with Gasteiger partial charge in [0.15, 0.2) is 0 Å². The summed E-state index contributed by atoms with van der Waals surface area (Å²) in [5.74, 6) is -0.378. The largest absolute Gasteiger partial charge is 0.486 e. The van der Waals surface area contributed by atoms with Gasteiger partial charge in [-0.05, 0) is 81.3 Å². The second-order valence-electron chi connectivity index (χ2n) is 11.2. The zero-order valence-electron chi connectivity index (χ0n) is 24.3. The van der Waals surface area contributed by atoms with E-state index in [0.717, 1.165) is 22.5 Å². The van der Waals surface area contributed by atoms with Gasteiger partial charge < -0.3 is 14.8 Å². The first-order valence-corrected chi connectivity index (χ1v) is 15.4. The molecule has 3 aromatic rings. The standard InChI is InChI=1S/C31H31ClF4N2O5S/c1-19(28-24(32)9-6-10-25(28)33)15-20-11-12-27-26(16-20)38(18-22(42-27)13-14-37-29(39)43-30(2,3)4)44(40,41)23-8-5-7-21(17-23)31(34,35)36/h5-12,15-17,22H,13-14,18H2,1-4H3,(H,37,39). The molecule has 44 heavy (non-hydrogen) atoms. The number of hydrogen-bond acceptors (Lipinski definition) is 5. The Balaban J connectivity index is 1.71. The van der Waals surface area contributed by atoms with Crippen LogP contribution >= 0.6 is 11.6 Å². The number of carbonyl (C=O) groups excluding carboxylic acids is 1. The molecule has 0 saturated carbocycles. The average Bonchev–Trinajstić information content (AvgIpc) is 2.91. The van der Waals surface area contributed by atoms with Crippen LogP contribution in [0.3, 0.4) is 0 Å². The Morgan fingerprint density at radius 2 is 1.82 bits per heavy atom. The van der Waals surface area contributed by atoms with Crippen molar-refractivity contribution < 1.29 is 40.2 Å². The highest BCUT2D eigenvalue weighted by atomic mass is 35.5. The van der Waals surface area contributed by atoms with E-state index < -0.39 is 50.3 Å². The first-order chi connectivity index (χ1) is 20.5. The van der Waals surface area contributed by atoms with Gasteiger partial charge in [-0.1, -0.05) is 35.9 Å². The van der Waals surface area contributed by atoms with Gasteiger partial charge in [0.2, 0.25) is 0 Å². The van der Waals surface area contributed by atoms with Crippen LogP contribution in [0.1, 0.15) is 50.8 Å². The highest BCUT2D eigenvalue weighted by Crippen LogP contribution is 2.40. The van der Waals surface area contributed by atoms with Crippen molar-refractivity contribution in [2.75, 3.05) is 17.4 Å². The van der Waals surface area contributed by atoms with E-state index in [1.807, 2.05) is 0 Å². The van der Waals surface area contributed by atoms with Crippen LogP contribution in [-0.2, 0) is 20.9 Å². The number of fused-ring (bicyclic) bond motifs is 1. The lowest BCUT2D eigenvalue weighted by Gasteiger charge is -2.36. The van der Waals surface area contributed by atoms with E-state index in [4.69, 9.17) is 21.1 Å². The van der Waals surface area contributed by atoms with Gasteiger partial charge in [0.1, 0.15) is 23.3 Å². The van der Waals surface area contributed by atoms with Crippen LogP contribution in [0.5, 0.6) is 5.75 Å². The first-order valence-electron chi connectivity index (χ1n) is 13.6. The summed E-state index contributed by atoms with van der Waals surface area (Å²) in [6.45, 7) is 6.59. The molecular weight excluding hydrogens is 624 g/mol. The Morgan fingerprint density at radius 1 is 1.11 bits per heavy atom. The predicted octanol–water partition coefficient (Wildman–Crippen LogP) is 7.93. The molecule has 1 amide bonds. The third-order valence-corrected chi connectivity index (χ3v) is 8.63. The fraction of sp³-hybridized carbons (Fsp3) is 0.323. The second kappa shape index (κ2) is 12.7. The van der Waals surface area contributed by atoms with Gasteiger partial charge in [-0.15, -0.1) is 0 Å². The molecule has 4 rings (SSSR count). The molecule has 1 unspecified atom stereocenters. The van der Waals surface area contributed by atoms with Crippen LogP contribution in [0, 0.1) is 5.82 Å². The number of alkyl halides is 3. The molecular formula is C31H31ClF4N2O5S. The Bertz CT molecular complexity index is 1670. The van der Waals surface area contributed by atoms with E-state index in [-0.39, 0.29) is 41.5 Å². The molecule has 7 nitrogen and oxygen atoms in total. The second-order valence-corrected chi connectivity index (χ2v) is 13.4. The summed E-state index contributed by atoms with van der Waals surface area (Å²) in [7, 11) is -4.53. The maximum atomic E-state index is 14.5. The number of halogens is 5. The Morgan fingerprint density at radius 3 is 2.48 bits per heavy atom. The summed E-state index contributed by atoms with van der Waals surface area (Å²) in [4.78, 5) is 11.5. The zero-order chi connectivity index (χ0) is 32.4. The number of carbonyl (C=O) groups is 1. The number of sulfonamides is 1. The maximum Gasteiger partial charge on any atom is 0.416 e. The van der Waals surface area contributed by atoms with Gasteiger partial charge in [-0.3, -0.25) is 4.31 Å². The van der Waals surface area contributed by atoms with Gasteiger partial charge >= 0.3 is 12.3 Å². The predicted molar refractivity (Wildman–Crippen MR) is 161 cm³/mol. The topological polar surface area (TPSA) is 84.9 Å². The van der Waals surface area contributed by atoms with Crippen molar-refractivity contribution in [1.82, 2.24) is 5.32 Å². The van der Waals surface area contributed by atoms with Crippen molar-refractivity contribution in [3.8, 4) is 5.75 Å². The molecule has 236 valence electrons. The van der Waals surface area contributed by atoms with Gasteiger partial charge in [-0.2, -0.15) is 13.2 Å². The summed E-state index contributed by atoms with van der Waals surface area (Å²) in [5, 5.41) is 2.78. The molecule has 0 aromatic heterocycles. The number of allylic oxidation sites excluding steroid dienone is 1. The number of hydrogen-bond donors (Lipinski definition) is 1. The smallest absolute Gasteiger partial charge is 0.416 e. The lowest BCUT2D eigenvalue weighted by molar-refractivity contribution is -0.137. The van der Waals surface area contributed by atoms with Crippen molar-refractivity contribution in [2.45, 2.75) is 56.9 Å². The molecule has 13 heteroatoms. The van der Waals surface area contributed by atoms with Crippen LogP contribution in [0.4, 0.5) is 28.0 Å². The molecule has 0 fully saturated rings. The maximum absolute atomic E-state index is 14.5. The number of nitrogens with zero attached hydrogens (tertiary/aromatic N) is 1. The van der Waals surface area contributed by atoms with Crippen molar-refractivity contribution in [2.24, 2.45) is 0 Å². The number of anilines is 1. The van der Waals surface area contributed by atoms with Crippen LogP contribution in [0.25, 0.3) is 11.6 Å². The van der Waals surface area contributed by atoms with Crippen LogP contribution in [0.2, 0.25) is 5.02 Å².